The molecule has 2 aromatic carbocycles. The van der Waals surface area contributed by atoms with Gasteiger partial charge in [0.2, 0.25) is 0 Å². The number of hydrogen-bond donors (Lipinski definition) is 1. The second-order valence-electron chi connectivity index (χ2n) is 5.75. The molecule has 2 atom stereocenters. The van der Waals surface area contributed by atoms with Gasteiger partial charge < -0.3 is 5.11 Å². The van der Waals surface area contributed by atoms with Crippen LogP contribution in [0.15, 0.2) is 85.2 Å². The second-order valence-corrected chi connectivity index (χ2v) is 5.75. The fourth-order valence-electron chi connectivity index (χ4n) is 3.06. The number of benzene rings is 2. The molecule has 2 nitrogen and oxygen atoms in total. The Hall–Kier alpha value is -2.66. The lowest BCUT2D eigenvalue weighted by molar-refractivity contribution is -0.272. The summed E-state index contributed by atoms with van der Waals surface area (Å²) in [4.78, 5) is 3.88. The minimum atomic E-state index is -4.88. The minimum Gasteiger partial charge on any atom is -0.376 e. The Balaban J connectivity index is 2.29. The first-order valence-corrected chi connectivity index (χ1v) is 7.74. The first-order chi connectivity index (χ1) is 11.9. The fraction of sp³-hybridized carbons (Fsp3) is 0.150. The summed E-state index contributed by atoms with van der Waals surface area (Å²) in [7, 11) is 0. The van der Waals surface area contributed by atoms with E-state index in [2.05, 4.69) is 4.98 Å². The molecular weight excluding hydrogens is 327 g/mol. The van der Waals surface area contributed by atoms with Crippen molar-refractivity contribution in [1.29, 1.82) is 0 Å². The molecule has 0 unspecified atom stereocenters. The molecule has 0 aliphatic rings. The van der Waals surface area contributed by atoms with Gasteiger partial charge >= 0.3 is 6.18 Å². The smallest absolute Gasteiger partial charge is 0.376 e. The summed E-state index contributed by atoms with van der Waals surface area (Å²) in [6.07, 6.45) is -2.03. The SMILES string of the molecule is O[C@@](c1ccccc1)([C@H](c1ccccc1)c1ccncc1)C(F)(F)F. The van der Waals surface area contributed by atoms with Gasteiger partial charge in [0.15, 0.2) is 5.60 Å². The number of nitrogens with zero attached hydrogens (tertiary/aromatic N) is 1. The van der Waals surface area contributed by atoms with Crippen molar-refractivity contribution in [2.45, 2.75) is 17.7 Å². The van der Waals surface area contributed by atoms with E-state index in [1.54, 1.807) is 36.4 Å². The standard InChI is InChI=1S/C20H16F3NO/c21-20(22,23)19(25,17-9-5-2-6-10-17)18(15-7-3-1-4-8-15)16-11-13-24-14-12-16/h1-14,18,25H/t18-,19+/m1/s1. The molecule has 128 valence electrons. The molecule has 1 N–H and O–H groups in total. The van der Waals surface area contributed by atoms with Crippen LogP contribution in [0.5, 0.6) is 0 Å². The number of aliphatic hydroxyl groups is 1. The number of aromatic nitrogens is 1. The molecule has 3 aromatic rings. The Labute approximate surface area is 143 Å². The van der Waals surface area contributed by atoms with E-state index in [1.807, 2.05) is 0 Å². The number of rotatable bonds is 4. The van der Waals surface area contributed by atoms with Gasteiger partial charge in [-0.2, -0.15) is 13.2 Å². The van der Waals surface area contributed by atoms with Gasteiger partial charge in [-0.15, -0.1) is 0 Å². The fourth-order valence-corrected chi connectivity index (χ4v) is 3.06. The maximum Gasteiger partial charge on any atom is 0.422 e. The van der Waals surface area contributed by atoms with Crippen LogP contribution >= 0.6 is 0 Å². The highest BCUT2D eigenvalue weighted by atomic mass is 19.4. The minimum absolute atomic E-state index is 0.201. The first kappa shape index (κ1) is 17.2. The Morgan fingerprint density at radius 1 is 0.720 bits per heavy atom. The van der Waals surface area contributed by atoms with Crippen LogP contribution in [0.1, 0.15) is 22.6 Å². The molecule has 0 aliphatic heterocycles. The zero-order valence-corrected chi connectivity index (χ0v) is 13.2. The molecule has 0 saturated heterocycles. The molecular formula is C20H16F3NO. The maximum atomic E-state index is 14.1. The average molecular weight is 343 g/mol. The van der Waals surface area contributed by atoms with Crippen LogP contribution in [0.3, 0.4) is 0 Å². The van der Waals surface area contributed by atoms with Gasteiger partial charge in [0.05, 0.1) is 5.92 Å². The molecule has 5 heteroatoms. The zero-order chi connectivity index (χ0) is 17.9. The molecule has 1 aromatic heterocycles. The summed E-state index contributed by atoms with van der Waals surface area (Å²) < 4.78 is 42.4. The van der Waals surface area contributed by atoms with E-state index < -0.39 is 17.7 Å². The third-order valence-corrected chi connectivity index (χ3v) is 4.24. The normalized spacial score (nSPS) is 15.4. The van der Waals surface area contributed by atoms with Crippen molar-refractivity contribution >= 4 is 0 Å². The lowest BCUT2D eigenvalue weighted by Crippen LogP contribution is -2.47. The van der Waals surface area contributed by atoms with Crippen molar-refractivity contribution in [3.05, 3.63) is 102 Å². The highest BCUT2D eigenvalue weighted by Gasteiger charge is 2.60. The van der Waals surface area contributed by atoms with Crippen molar-refractivity contribution in [2.75, 3.05) is 0 Å². The monoisotopic (exact) mass is 343 g/mol. The second kappa shape index (κ2) is 6.69. The molecule has 0 aliphatic carbocycles. The quantitative estimate of drug-likeness (QED) is 0.747. The van der Waals surface area contributed by atoms with E-state index in [0.717, 1.165) is 0 Å². The predicted molar refractivity (Wildman–Crippen MR) is 88.9 cm³/mol. The highest BCUT2D eigenvalue weighted by molar-refractivity contribution is 5.41. The topological polar surface area (TPSA) is 33.1 Å². The van der Waals surface area contributed by atoms with Crippen LogP contribution in [-0.2, 0) is 5.60 Å². The van der Waals surface area contributed by atoms with Crippen molar-refractivity contribution in [2.24, 2.45) is 0 Å². The van der Waals surface area contributed by atoms with Gasteiger partial charge in [-0.25, -0.2) is 0 Å². The van der Waals surface area contributed by atoms with Crippen molar-refractivity contribution in [1.82, 2.24) is 4.98 Å². The Morgan fingerprint density at radius 2 is 1.20 bits per heavy atom. The highest BCUT2D eigenvalue weighted by Crippen LogP contribution is 2.51. The van der Waals surface area contributed by atoms with Crippen LogP contribution in [0.25, 0.3) is 0 Å². The largest absolute Gasteiger partial charge is 0.422 e. The lowest BCUT2D eigenvalue weighted by atomic mass is 9.73. The van der Waals surface area contributed by atoms with Gasteiger partial charge in [0.25, 0.3) is 0 Å². The van der Waals surface area contributed by atoms with Gasteiger partial charge in [-0.1, -0.05) is 60.7 Å². The summed E-state index contributed by atoms with van der Waals surface area (Å²) >= 11 is 0. The number of hydrogen-bond acceptors (Lipinski definition) is 2. The summed E-state index contributed by atoms with van der Waals surface area (Å²) in [6.45, 7) is 0. The van der Waals surface area contributed by atoms with Gasteiger partial charge in [0, 0.05) is 12.4 Å². The average Bonchev–Trinajstić information content (AvgIpc) is 2.63. The number of alkyl halides is 3. The van der Waals surface area contributed by atoms with Crippen molar-refractivity contribution < 1.29 is 18.3 Å². The molecule has 25 heavy (non-hydrogen) atoms. The van der Waals surface area contributed by atoms with Crippen molar-refractivity contribution in [3.63, 3.8) is 0 Å². The number of pyridine rings is 1. The summed E-state index contributed by atoms with van der Waals surface area (Å²) in [5.74, 6) is -1.32. The molecule has 0 amide bonds. The van der Waals surface area contributed by atoms with E-state index in [0.29, 0.717) is 11.1 Å². The summed E-state index contributed by atoms with van der Waals surface area (Å²) in [6, 6.07) is 18.4. The van der Waals surface area contributed by atoms with Crippen LogP contribution in [0, 0.1) is 0 Å². The summed E-state index contributed by atoms with van der Waals surface area (Å²) in [5, 5.41) is 11.0. The van der Waals surface area contributed by atoms with Gasteiger partial charge in [-0.05, 0) is 28.8 Å². The van der Waals surface area contributed by atoms with E-state index in [-0.39, 0.29) is 5.56 Å². The molecule has 3 rings (SSSR count). The predicted octanol–water partition coefficient (Wildman–Crippen LogP) is 4.66. The van der Waals surface area contributed by atoms with Crippen molar-refractivity contribution in [3.8, 4) is 0 Å². The molecule has 0 bridgehead atoms. The van der Waals surface area contributed by atoms with Crippen LogP contribution in [0.2, 0.25) is 0 Å². The first-order valence-electron chi connectivity index (χ1n) is 7.74. The van der Waals surface area contributed by atoms with E-state index in [1.165, 1.54) is 48.8 Å². The van der Waals surface area contributed by atoms with Crippen LogP contribution in [-0.4, -0.2) is 16.3 Å². The van der Waals surface area contributed by atoms with E-state index in [4.69, 9.17) is 0 Å². The molecule has 0 radical (unpaired) electrons. The Kier molecular flexibility index (Phi) is 4.59. The van der Waals surface area contributed by atoms with Gasteiger partial charge in [-0.3, -0.25) is 4.98 Å². The van der Waals surface area contributed by atoms with Crippen LogP contribution in [0.4, 0.5) is 13.2 Å². The van der Waals surface area contributed by atoms with E-state index in [9.17, 15) is 18.3 Å². The lowest BCUT2D eigenvalue weighted by Gasteiger charge is -2.38. The zero-order valence-electron chi connectivity index (χ0n) is 13.2. The Morgan fingerprint density at radius 3 is 1.72 bits per heavy atom. The number of halogens is 3. The van der Waals surface area contributed by atoms with E-state index >= 15 is 0 Å². The molecule has 0 saturated carbocycles. The maximum absolute atomic E-state index is 14.1. The van der Waals surface area contributed by atoms with Crippen LogP contribution < -0.4 is 0 Å². The Bertz CT molecular complexity index is 767. The molecule has 1 heterocycles. The molecule has 0 fully saturated rings. The third kappa shape index (κ3) is 3.15. The summed E-state index contributed by atoms with van der Waals surface area (Å²) in [5.41, 5.74) is -2.56. The van der Waals surface area contributed by atoms with Gasteiger partial charge in [0.1, 0.15) is 0 Å². The third-order valence-electron chi connectivity index (χ3n) is 4.24. The molecule has 0 spiro atoms.